The Morgan fingerprint density at radius 1 is 0.465 bits per heavy atom. The number of carbonyl (C=O) groups is 1. The average molecular weight is 1060 g/mol. The van der Waals surface area contributed by atoms with Gasteiger partial charge in [-0.2, -0.15) is 45.7 Å². The van der Waals surface area contributed by atoms with E-state index >= 15 is 0 Å². The van der Waals surface area contributed by atoms with Crippen LogP contribution in [0.5, 0.6) is 11.5 Å². The molecule has 23 nitrogen and oxygen atoms in total. The second-order valence-electron chi connectivity index (χ2n) is 13.9. The van der Waals surface area contributed by atoms with Crippen molar-refractivity contribution in [3.63, 3.8) is 0 Å². The summed E-state index contributed by atoms with van der Waals surface area (Å²) in [6.45, 7) is 0. The van der Waals surface area contributed by atoms with Crippen molar-refractivity contribution in [3.05, 3.63) is 127 Å². The number of phenols is 2. The third-order valence-electron chi connectivity index (χ3n) is 9.36. The third kappa shape index (κ3) is 14.9. The Hall–Kier alpha value is -4.40. The van der Waals surface area contributed by atoms with Gasteiger partial charge in [-0.15, -0.1) is 20.5 Å². The van der Waals surface area contributed by atoms with E-state index < -0.39 is 90.3 Å². The molecule has 0 bridgehead atoms. The number of hydrogen-bond donors (Lipinski definition) is 8. The number of rotatable bonds is 13. The number of aromatic carboxylic acids is 1. The maximum absolute atomic E-state index is 12.7. The molecule has 10 N–H and O–H groups in total. The van der Waals surface area contributed by atoms with Crippen LogP contribution in [0.3, 0.4) is 0 Å². The van der Waals surface area contributed by atoms with E-state index in [1.54, 1.807) is 36.4 Å². The van der Waals surface area contributed by atoms with Crippen molar-refractivity contribution in [2.45, 2.75) is 14.7 Å². The van der Waals surface area contributed by atoms with E-state index in [0.29, 0.717) is 11.3 Å². The Bertz CT molecular complexity index is 3630. The van der Waals surface area contributed by atoms with Gasteiger partial charge in [-0.1, -0.05) is 24.3 Å². The smallest absolute Gasteiger partial charge is 0.339 e. The summed E-state index contributed by atoms with van der Waals surface area (Å²) in [6, 6.07) is 26.9. The molecule has 0 unspecified atom stereocenters. The van der Waals surface area contributed by atoms with Gasteiger partial charge in [-0.3, -0.25) is 13.7 Å². The molecular weight excluding hydrogens is 1030 g/mol. The van der Waals surface area contributed by atoms with E-state index in [4.69, 9.17) is 11.5 Å². The molecule has 7 aromatic rings. The monoisotopic (exact) mass is 1060 g/mol. The third-order valence-corrected chi connectivity index (χ3v) is 12.0. The Kier molecular flexibility index (Phi) is 21.5. The van der Waals surface area contributed by atoms with Gasteiger partial charge in [-0.25, -0.2) is 4.79 Å². The SMILES string of the molecule is Nc1ccc(N=Nc2ccc(S(=O)(=O)O)cc2)c(N=Nc2c(S(=O)(=O)O)cc3cc(S(=O)(=O)O)c(N=Nc4ccc(-c5ccc(N=Nc6ccc(O)c(C(=O)O)c6)cc5)cc4)c(O)c3c2N)c1.[Na].[Na].[Na].[Na]. The molecule has 0 aliphatic rings. The molecule has 4 radical (unpaired) electrons. The van der Waals surface area contributed by atoms with Crippen molar-refractivity contribution in [1.29, 1.82) is 0 Å². The number of nitrogens with two attached hydrogens (primary N) is 2. The Morgan fingerprint density at radius 2 is 0.901 bits per heavy atom. The number of carboxylic acids is 1. The molecule has 0 atom stereocenters. The van der Waals surface area contributed by atoms with E-state index in [2.05, 4.69) is 40.9 Å². The number of azo groups is 4. The first-order chi connectivity index (χ1) is 31.6. The number of hydrogen-bond acceptors (Lipinski definition) is 19. The van der Waals surface area contributed by atoms with Crippen LogP contribution in [0.1, 0.15) is 10.4 Å². The quantitative estimate of drug-likeness (QED) is 0.0232. The predicted molar refractivity (Wildman–Crippen MR) is 263 cm³/mol. The molecule has 0 aliphatic carbocycles. The van der Waals surface area contributed by atoms with E-state index in [0.717, 1.165) is 29.8 Å². The van der Waals surface area contributed by atoms with Crippen LogP contribution in [0.4, 0.5) is 56.9 Å². The summed E-state index contributed by atoms with van der Waals surface area (Å²) in [5.41, 5.74) is 12.1. The molecule has 0 aliphatic heterocycles. The van der Waals surface area contributed by atoms with Gasteiger partial charge in [0.15, 0.2) is 5.75 Å². The summed E-state index contributed by atoms with van der Waals surface area (Å²) in [6.07, 6.45) is 0. The van der Waals surface area contributed by atoms with Crippen molar-refractivity contribution >= 4 is 222 Å². The number of nitrogen functional groups attached to an aromatic ring is 2. The molecule has 0 fully saturated rings. The van der Waals surface area contributed by atoms with E-state index in [1.807, 2.05) is 0 Å². The number of benzene rings is 7. The fourth-order valence-corrected chi connectivity index (χ4v) is 7.94. The van der Waals surface area contributed by atoms with Gasteiger partial charge in [0.05, 0.1) is 38.7 Å². The molecule has 344 valence electrons. The number of anilines is 2. The summed E-state index contributed by atoms with van der Waals surface area (Å²) in [5, 5.41) is 61.6. The molecule has 0 aromatic heterocycles. The van der Waals surface area contributed by atoms with Gasteiger partial charge in [0.25, 0.3) is 30.4 Å². The molecule has 7 rings (SSSR count). The summed E-state index contributed by atoms with van der Waals surface area (Å²) < 4.78 is 103. The van der Waals surface area contributed by atoms with E-state index in [9.17, 15) is 59.0 Å². The number of carboxylic acid groups (broad SMARTS) is 1. The molecule has 0 heterocycles. The van der Waals surface area contributed by atoms with E-state index in [-0.39, 0.29) is 158 Å². The minimum Gasteiger partial charge on any atom is -0.507 e. The average Bonchev–Trinajstić information content (AvgIpc) is 3.27. The predicted octanol–water partition coefficient (Wildman–Crippen LogP) is 8.66. The van der Waals surface area contributed by atoms with Gasteiger partial charge in [0.2, 0.25) is 0 Å². The zero-order chi connectivity index (χ0) is 48.4. The maximum Gasteiger partial charge on any atom is 0.339 e. The van der Waals surface area contributed by atoms with Crippen molar-refractivity contribution in [2.75, 3.05) is 11.5 Å². The van der Waals surface area contributed by atoms with Gasteiger partial charge < -0.3 is 26.8 Å². The molecule has 7 aromatic carbocycles. The first kappa shape index (κ1) is 60.9. The number of nitrogens with zero attached hydrogens (tertiary/aromatic N) is 8. The summed E-state index contributed by atoms with van der Waals surface area (Å²) in [4.78, 5) is 8.90. The molecule has 0 saturated carbocycles. The Labute approximate surface area is 491 Å². The fraction of sp³-hybridized carbons (Fsp3) is 0. The molecule has 0 saturated heterocycles. The van der Waals surface area contributed by atoms with Crippen LogP contribution in [0.2, 0.25) is 0 Å². The summed E-state index contributed by atoms with van der Waals surface area (Å²) in [7, 11) is -14.9. The minimum atomic E-state index is -5.22. The first-order valence-electron chi connectivity index (χ1n) is 18.5. The van der Waals surface area contributed by atoms with Crippen LogP contribution in [0.15, 0.2) is 177 Å². The summed E-state index contributed by atoms with van der Waals surface area (Å²) in [5.74, 6) is -2.74. The van der Waals surface area contributed by atoms with Gasteiger partial charge in [0, 0.05) is 124 Å². The first-order valence-corrected chi connectivity index (χ1v) is 22.9. The number of fused-ring (bicyclic) bond motifs is 1. The van der Waals surface area contributed by atoms with Crippen LogP contribution >= 0.6 is 0 Å². The topological polar surface area (TPSA) is 392 Å². The van der Waals surface area contributed by atoms with Crippen molar-refractivity contribution in [3.8, 4) is 22.6 Å². The maximum atomic E-state index is 12.7. The molecule has 30 heteroatoms. The number of phenolic OH excluding ortho intramolecular Hbond substituents is 1. The molecule has 0 spiro atoms. The largest absolute Gasteiger partial charge is 0.507 e. The Balaban J connectivity index is 0.00000333. The molecule has 71 heavy (non-hydrogen) atoms. The van der Waals surface area contributed by atoms with Gasteiger partial charge in [0.1, 0.15) is 43.9 Å². The van der Waals surface area contributed by atoms with Gasteiger partial charge in [-0.05, 0) is 114 Å². The minimum absolute atomic E-state index is 0. The standard InChI is InChI=1S/C41H30N10O13S3.4Na/c42-24-5-15-31(48-45-27-10-13-29(14-11-27)65(56,57)58)32(19-24)49-50-38-34(66(59,60)61)17-23-18-35(67(62,63)64)39(40(53)36(23)37(38)43)51-46-26-8-3-22(4-9-26)21-1-6-25(7-2-21)44-47-28-12-16-33(52)30(20-28)41(54)55;;;;/h1-20,52-53H,42-43H2,(H,54,55)(H,56,57,58)(H,59,60,61)(H,62,63,64);;;;. The zero-order valence-corrected chi connectivity index (χ0v) is 48.0. The van der Waals surface area contributed by atoms with Crippen molar-refractivity contribution in [1.82, 2.24) is 0 Å². The molecular formula is C41H30N10Na4O13S3. The van der Waals surface area contributed by atoms with Crippen LogP contribution in [0.25, 0.3) is 21.9 Å². The zero-order valence-electron chi connectivity index (χ0n) is 37.5. The Morgan fingerprint density at radius 3 is 1.41 bits per heavy atom. The normalized spacial score (nSPS) is 11.9. The van der Waals surface area contributed by atoms with E-state index in [1.165, 1.54) is 60.7 Å². The number of aromatic hydroxyl groups is 2. The van der Waals surface area contributed by atoms with Crippen LogP contribution < -0.4 is 11.5 Å². The second-order valence-corrected chi connectivity index (χ2v) is 18.1. The second kappa shape index (κ2) is 25.0. The van der Waals surface area contributed by atoms with Crippen LogP contribution in [0, 0.1) is 0 Å². The fourth-order valence-electron chi connectivity index (χ4n) is 6.13. The van der Waals surface area contributed by atoms with Crippen molar-refractivity contribution in [2.24, 2.45) is 40.9 Å². The van der Waals surface area contributed by atoms with Crippen LogP contribution in [-0.2, 0) is 30.4 Å². The van der Waals surface area contributed by atoms with Crippen LogP contribution in [-0.4, -0.2) is 178 Å². The molecule has 0 amide bonds. The van der Waals surface area contributed by atoms with Gasteiger partial charge >= 0.3 is 5.97 Å². The summed E-state index contributed by atoms with van der Waals surface area (Å²) >= 11 is 0. The van der Waals surface area contributed by atoms with Crippen molar-refractivity contribution < 1.29 is 59.0 Å².